The molecule has 0 bridgehead atoms. The zero-order valence-electron chi connectivity index (χ0n) is 17.3. The summed E-state index contributed by atoms with van der Waals surface area (Å²) in [5.41, 5.74) is 9.46. The number of anilines is 1. The number of aryl methyl sites for hydroxylation is 1. The second kappa shape index (κ2) is 7.11. The highest BCUT2D eigenvalue weighted by Gasteiger charge is 2.62. The number of ether oxygens (including phenoxy) is 1. The number of carbonyl (C=O) groups excluding carboxylic acids is 2. The average Bonchev–Trinajstić information content (AvgIpc) is 3.00. The van der Waals surface area contributed by atoms with Gasteiger partial charge in [-0.3, -0.25) is 15.1 Å². The highest BCUT2D eigenvalue weighted by atomic mass is 19.4. The molecule has 0 radical (unpaired) electrons. The van der Waals surface area contributed by atoms with E-state index in [0.29, 0.717) is 17.7 Å². The second-order valence-electron chi connectivity index (χ2n) is 8.30. The Balaban J connectivity index is 1.64. The Kier molecular flexibility index (Phi) is 4.87. The highest BCUT2D eigenvalue weighted by molar-refractivity contribution is 6.00. The van der Waals surface area contributed by atoms with Crippen molar-refractivity contribution < 1.29 is 27.5 Å². The second-order valence-corrected chi connectivity index (χ2v) is 8.30. The van der Waals surface area contributed by atoms with Gasteiger partial charge in [-0.15, -0.1) is 0 Å². The van der Waals surface area contributed by atoms with Gasteiger partial charge in [0.15, 0.2) is 6.23 Å². The molecule has 3 atom stereocenters. The van der Waals surface area contributed by atoms with Crippen LogP contribution in [0.2, 0.25) is 0 Å². The molecule has 1 aromatic rings. The number of hydrazine groups is 1. The molecule has 3 unspecified atom stereocenters. The first-order chi connectivity index (χ1) is 14.9. The first kappa shape index (κ1) is 21.9. The molecule has 3 heterocycles. The Labute approximate surface area is 181 Å². The van der Waals surface area contributed by atoms with E-state index in [9.17, 15) is 22.8 Å². The van der Waals surface area contributed by atoms with Crippen molar-refractivity contribution in [1.82, 2.24) is 16.1 Å². The molecule has 1 aromatic carbocycles. The van der Waals surface area contributed by atoms with Crippen LogP contribution in [0.3, 0.4) is 0 Å². The summed E-state index contributed by atoms with van der Waals surface area (Å²) >= 11 is 0. The van der Waals surface area contributed by atoms with Crippen LogP contribution in [0.5, 0.6) is 0 Å². The minimum Gasteiger partial charge on any atom is -0.437 e. The number of fused-ring (bicyclic) bond motifs is 1. The number of halogens is 3. The number of alkyl halides is 3. The number of carbonyl (C=O) groups is 2. The molecule has 5 N–H and O–H groups in total. The lowest BCUT2D eigenvalue weighted by Crippen LogP contribution is -2.81. The number of nitrogens with two attached hydrogens (primary N) is 1. The van der Waals surface area contributed by atoms with Crippen molar-refractivity contribution in [3.63, 3.8) is 0 Å². The average molecular weight is 450 g/mol. The van der Waals surface area contributed by atoms with Gasteiger partial charge in [0.1, 0.15) is 11.4 Å². The van der Waals surface area contributed by atoms with Gasteiger partial charge in [0.25, 0.3) is 5.91 Å². The van der Waals surface area contributed by atoms with Crippen LogP contribution in [0.1, 0.15) is 31.4 Å². The number of hydrogen-bond acceptors (Lipinski definition) is 8. The van der Waals surface area contributed by atoms with Crippen LogP contribution < -0.4 is 26.8 Å². The van der Waals surface area contributed by atoms with Gasteiger partial charge in [0.05, 0.1) is 28.4 Å². The first-order valence-corrected chi connectivity index (χ1v) is 9.89. The van der Waals surface area contributed by atoms with E-state index < -0.39 is 35.4 Å². The Morgan fingerprint density at radius 1 is 1.44 bits per heavy atom. The van der Waals surface area contributed by atoms with Crippen molar-refractivity contribution in [1.29, 1.82) is 5.26 Å². The van der Waals surface area contributed by atoms with Gasteiger partial charge in [0.2, 0.25) is 0 Å². The van der Waals surface area contributed by atoms with Crippen molar-refractivity contribution in [2.45, 2.75) is 50.2 Å². The maximum Gasteiger partial charge on any atom is 0.490 e. The number of piperidine rings is 1. The fraction of sp³-hybridized carbons (Fsp3) is 0.450. The Bertz CT molecular complexity index is 1080. The zero-order valence-corrected chi connectivity index (χ0v) is 17.3. The molecule has 2 saturated heterocycles. The third-order valence-electron chi connectivity index (χ3n) is 6.06. The number of rotatable bonds is 3. The van der Waals surface area contributed by atoms with E-state index in [1.54, 1.807) is 30.1 Å². The minimum absolute atomic E-state index is 0.121. The van der Waals surface area contributed by atoms with Crippen LogP contribution in [0.15, 0.2) is 29.6 Å². The van der Waals surface area contributed by atoms with E-state index in [-0.39, 0.29) is 24.4 Å². The minimum atomic E-state index is -5.15. The molecule has 32 heavy (non-hydrogen) atoms. The maximum absolute atomic E-state index is 13.0. The summed E-state index contributed by atoms with van der Waals surface area (Å²) in [6.45, 7) is 3.75. The van der Waals surface area contributed by atoms with Crippen LogP contribution in [0, 0.1) is 11.3 Å². The number of benzene rings is 1. The lowest BCUT2D eigenvalue weighted by molar-refractivity contribution is -0.218. The Morgan fingerprint density at radius 3 is 2.72 bits per heavy atom. The first-order valence-electron chi connectivity index (χ1n) is 9.89. The lowest BCUT2D eigenvalue weighted by Gasteiger charge is -2.55. The molecule has 0 saturated carbocycles. The number of hydrogen-bond donors (Lipinski definition) is 4. The molecular weight excluding hydrogens is 429 g/mol. The van der Waals surface area contributed by atoms with Gasteiger partial charge >= 0.3 is 12.1 Å². The summed E-state index contributed by atoms with van der Waals surface area (Å²) in [7, 11) is 0. The molecule has 3 aliphatic heterocycles. The van der Waals surface area contributed by atoms with Crippen molar-refractivity contribution in [2.75, 3.05) is 11.6 Å². The van der Waals surface area contributed by atoms with Crippen molar-refractivity contribution in [3.05, 3.63) is 40.7 Å². The Morgan fingerprint density at radius 2 is 2.16 bits per heavy atom. The molecule has 4 rings (SSSR count). The number of esters is 1. The summed E-state index contributed by atoms with van der Waals surface area (Å²) in [4.78, 5) is 24.3. The summed E-state index contributed by atoms with van der Waals surface area (Å²) in [6.07, 6.45) is -5.76. The third kappa shape index (κ3) is 3.25. The maximum atomic E-state index is 13.0. The monoisotopic (exact) mass is 450 g/mol. The number of nitrogens with zero attached hydrogens (tertiary/aromatic N) is 2. The van der Waals surface area contributed by atoms with Gasteiger partial charge < -0.3 is 15.8 Å². The number of nitrogens with one attached hydrogen (secondary N) is 3. The smallest absolute Gasteiger partial charge is 0.437 e. The quantitative estimate of drug-likeness (QED) is 0.494. The van der Waals surface area contributed by atoms with Crippen LogP contribution >= 0.6 is 0 Å². The van der Waals surface area contributed by atoms with Crippen LogP contribution in [0.25, 0.3) is 0 Å². The summed E-state index contributed by atoms with van der Waals surface area (Å²) in [5, 5.41) is 16.0. The zero-order chi connectivity index (χ0) is 23.5. The van der Waals surface area contributed by atoms with Crippen LogP contribution in [0.4, 0.5) is 18.9 Å². The Hall–Kier alpha value is -3.30. The molecular formula is C20H21F3N6O3. The molecule has 12 heteroatoms. The van der Waals surface area contributed by atoms with Gasteiger partial charge in [0, 0.05) is 13.0 Å². The predicted octanol–water partition coefficient (Wildman–Crippen LogP) is 0.668. The molecule has 0 aromatic heterocycles. The number of nitriles is 1. The molecule has 9 nitrogen and oxygen atoms in total. The van der Waals surface area contributed by atoms with Crippen molar-refractivity contribution in [2.24, 2.45) is 5.73 Å². The largest absolute Gasteiger partial charge is 0.490 e. The van der Waals surface area contributed by atoms with E-state index >= 15 is 0 Å². The fourth-order valence-corrected chi connectivity index (χ4v) is 4.59. The fourth-order valence-electron chi connectivity index (χ4n) is 4.59. The van der Waals surface area contributed by atoms with Crippen LogP contribution in [-0.4, -0.2) is 41.9 Å². The molecule has 0 aliphatic carbocycles. The van der Waals surface area contributed by atoms with E-state index in [1.807, 2.05) is 6.92 Å². The predicted molar refractivity (Wildman–Crippen MR) is 105 cm³/mol. The SMILES string of the molecule is CCc1cc(C#N)ccc1N1NC2(C)CC3(CNC3OC(=O)C(F)(F)F)NC(=O)C2=C1N. The molecule has 1 spiro atoms. The molecule has 1 amide bonds. The van der Waals surface area contributed by atoms with Gasteiger partial charge in [-0.05, 0) is 37.1 Å². The molecule has 170 valence electrons. The van der Waals surface area contributed by atoms with Crippen molar-refractivity contribution >= 4 is 17.6 Å². The van der Waals surface area contributed by atoms with E-state index in [2.05, 4.69) is 26.9 Å². The lowest BCUT2D eigenvalue weighted by atomic mass is 9.71. The summed E-state index contributed by atoms with van der Waals surface area (Å²) < 4.78 is 42.5. The van der Waals surface area contributed by atoms with Gasteiger partial charge in [-0.1, -0.05) is 6.92 Å². The third-order valence-corrected chi connectivity index (χ3v) is 6.06. The van der Waals surface area contributed by atoms with E-state index in [0.717, 1.165) is 5.56 Å². The summed E-state index contributed by atoms with van der Waals surface area (Å²) in [6, 6.07) is 7.14. The van der Waals surface area contributed by atoms with Gasteiger partial charge in [-0.25, -0.2) is 10.2 Å². The number of amides is 1. The molecule has 3 aliphatic rings. The van der Waals surface area contributed by atoms with Gasteiger partial charge in [-0.2, -0.15) is 18.4 Å². The standard InChI is InChI=1S/C20H21F3N6O3/c1-3-11-6-10(7-24)4-5-12(11)29-14(25)13-15(30)27-19(8-18(13,2)28-29)9-26-16(19)32-17(31)20(21,22)23/h4-6,16,26,28H,3,8-9,25H2,1-2H3,(H,27,30). The van der Waals surface area contributed by atoms with Crippen molar-refractivity contribution in [3.8, 4) is 6.07 Å². The van der Waals surface area contributed by atoms with E-state index in [1.165, 1.54) is 0 Å². The molecule has 2 fully saturated rings. The normalized spacial score (nSPS) is 29.3. The topological polar surface area (TPSA) is 133 Å². The van der Waals surface area contributed by atoms with Crippen LogP contribution in [-0.2, 0) is 20.7 Å². The van der Waals surface area contributed by atoms with E-state index in [4.69, 9.17) is 11.0 Å². The summed E-state index contributed by atoms with van der Waals surface area (Å²) in [5.74, 6) is -2.75. The highest BCUT2D eigenvalue weighted by Crippen LogP contribution is 2.44.